The molecule has 2 atom stereocenters. The van der Waals surface area contributed by atoms with Crippen LogP contribution in [0.2, 0.25) is 0 Å². The predicted molar refractivity (Wildman–Crippen MR) is 120 cm³/mol. The molecule has 8 heteroatoms. The highest BCUT2D eigenvalue weighted by Gasteiger charge is 2.45. The van der Waals surface area contributed by atoms with Crippen LogP contribution in [0.3, 0.4) is 0 Å². The number of benzene rings is 2. The van der Waals surface area contributed by atoms with Crippen LogP contribution >= 0.6 is 0 Å². The molecule has 2 aromatic carbocycles. The maximum Gasteiger partial charge on any atom is 0.261 e. The minimum Gasteiger partial charge on any atom is -0.484 e. The first kappa shape index (κ1) is 23.0. The van der Waals surface area contributed by atoms with Crippen molar-refractivity contribution in [3.8, 4) is 5.75 Å². The van der Waals surface area contributed by atoms with E-state index in [-0.39, 0.29) is 36.8 Å². The lowest BCUT2D eigenvalue weighted by molar-refractivity contribution is -0.142. The van der Waals surface area contributed by atoms with Crippen molar-refractivity contribution in [3.05, 3.63) is 54.6 Å². The Morgan fingerprint density at radius 2 is 1.78 bits per heavy atom. The van der Waals surface area contributed by atoms with Gasteiger partial charge in [0, 0.05) is 18.7 Å². The highest BCUT2D eigenvalue weighted by atomic mass is 16.5. The number of anilines is 2. The van der Waals surface area contributed by atoms with Gasteiger partial charge in [0.25, 0.3) is 11.8 Å². The molecular formula is C24H27N3O5. The molecular weight excluding hydrogens is 410 g/mol. The van der Waals surface area contributed by atoms with E-state index < -0.39 is 11.9 Å². The molecule has 1 N–H and O–H groups in total. The number of carbonyl (C=O) groups excluding carboxylic acids is 4. The molecule has 0 radical (unpaired) electrons. The van der Waals surface area contributed by atoms with Crippen molar-refractivity contribution >= 4 is 35.0 Å². The smallest absolute Gasteiger partial charge is 0.261 e. The molecule has 0 aliphatic carbocycles. The summed E-state index contributed by atoms with van der Waals surface area (Å²) in [4.78, 5) is 52.8. The van der Waals surface area contributed by atoms with E-state index in [0.717, 1.165) is 4.90 Å². The van der Waals surface area contributed by atoms with Crippen LogP contribution < -0.4 is 15.0 Å². The number of ether oxygens (including phenoxy) is 1. The van der Waals surface area contributed by atoms with E-state index in [9.17, 15) is 19.2 Å². The molecule has 4 amide bonds. The molecule has 1 heterocycles. The summed E-state index contributed by atoms with van der Waals surface area (Å²) in [6.07, 6.45) is 0.536. The van der Waals surface area contributed by atoms with Gasteiger partial charge < -0.3 is 15.0 Å². The number of nitrogens with zero attached hydrogens (tertiary/aromatic N) is 2. The second-order valence-corrected chi connectivity index (χ2v) is 7.68. The average molecular weight is 437 g/mol. The largest absolute Gasteiger partial charge is 0.484 e. The Morgan fingerprint density at radius 3 is 2.38 bits per heavy atom. The minimum atomic E-state index is -0.889. The van der Waals surface area contributed by atoms with Crippen LogP contribution in [-0.4, -0.2) is 47.2 Å². The first-order chi connectivity index (χ1) is 15.3. The zero-order chi connectivity index (χ0) is 23.3. The zero-order valence-electron chi connectivity index (χ0n) is 18.4. The summed E-state index contributed by atoms with van der Waals surface area (Å²) in [7, 11) is 0. The second-order valence-electron chi connectivity index (χ2n) is 7.68. The Bertz CT molecular complexity index is 990. The highest BCUT2D eigenvalue weighted by molar-refractivity contribution is 6.23. The number of imide groups is 1. The van der Waals surface area contributed by atoms with Crippen LogP contribution in [-0.2, 0) is 19.2 Å². The summed E-state index contributed by atoms with van der Waals surface area (Å²) in [5.74, 6) is -0.837. The number of para-hydroxylation sites is 1. The zero-order valence-corrected chi connectivity index (χ0v) is 18.4. The van der Waals surface area contributed by atoms with E-state index in [1.807, 2.05) is 19.9 Å². The van der Waals surface area contributed by atoms with Crippen LogP contribution in [0.1, 0.15) is 33.6 Å². The molecule has 0 saturated carbocycles. The molecule has 0 spiro atoms. The van der Waals surface area contributed by atoms with Crippen molar-refractivity contribution in [2.24, 2.45) is 0 Å². The van der Waals surface area contributed by atoms with Gasteiger partial charge in [-0.05, 0) is 49.7 Å². The molecule has 168 valence electrons. The number of hydrogen-bond acceptors (Lipinski definition) is 5. The van der Waals surface area contributed by atoms with E-state index in [1.165, 1.54) is 11.8 Å². The van der Waals surface area contributed by atoms with Gasteiger partial charge in [0.05, 0.1) is 12.1 Å². The van der Waals surface area contributed by atoms with Crippen molar-refractivity contribution in [1.82, 2.24) is 4.90 Å². The van der Waals surface area contributed by atoms with Gasteiger partial charge in [-0.15, -0.1) is 0 Å². The van der Waals surface area contributed by atoms with Gasteiger partial charge in [-0.2, -0.15) is 0 Å². The summed E-state index contributed by atoms with van der Waals surface area (Å²) >= 11 is 0. The first-order valence-corrected chi connectivity index (χ1v) is 10.5. The Balaban J connectivity index is 1.77. The molecule has 3 rings (SSSR count). The lowest BCUT2D eigenvalue weighted by Gasteiger charge is -2.32. The number of carbonyl (C=O) groups is 4. The molecule has 1 aliphatic heterocycles. The lowest BCUT2D eigenvalue weighted by Crippen LogP contribution is -2.51. The van der Waals surface area contributed by atoms with Crippen LogP contribution in [0.15, 0.2) is 54.6 Å². The van der Waals surface area contributed by atoms with Crippen LogP contribution in [0.5, 0.6) is 5.75 Å². The van der Waals surface area contributed by atoms with Crippen molar-refractivity contribution in [3.63, 3.8) is 0 Å². The first-order valence-electron chi connectivity index (χ1n) is 10.5. The average Bonchev–Trinajstić information content (AvgIpc) is 3.06. The lowest BCUT2D eigenvalue weighted by atomic mass is 10.1. The van der Waals surface area contributed by atoms with Gasteiger partial charge in [-0.1, -0.05) is 25.1 Å². The fraction of sp³-hybridized carbons (Fsp3) is 0.333. The van der Waals surface area contributed by atoms with Gasteiger partial charge in [0.2, 0.25) is 11.8 Å². The maximum atomic E-state index is 13.2. The summed E-state index contributed by atoms with van der Waals surface area (Å²) in [6, 6.07) is 14.3. The van der Waals surface area contributed by atoms with Crippen LogP contribution in [0.25, 0.3) is 0 Å². The summed E-state index contributed by atoms with van der Waals surface area (Å²) in [5, 5.41) is 2.64. The summed E-state index contributed by atoms with van der Waals surface area (Å²) in [5.41, 5.74) is 0.958. The Hall–Kier alpha value is -3.68. The quantitative estimate of drug-likeness (QED) is 0.641. The van der Waals surface area contributed by atoms with E-state index in [0.29, 0.717) is 23.5 Å². The molecule has 32 heavy (non-hydrogen) atoms. The SMILES string of the molecule is CCC(C)N(C(=O)COc1ccccc1)C1CC(=O)N(c2ccc(NC(C)=O)cc2)C1=O. The number of amides is 4. The van der Waals surface area contributed by atoms with Gasteiger partial charge in [-0.3, -0.25) is 19.2 Å². The molecule has 0 aromatic heterocycles. The van der Waals surface area contributed by atoms with Crippen molar-refractivity contribution < 1.29 is 23.9 Å². The van der Waals surface area contributed by atoms with Gasteiger partial charge in [0.1, 0.15) is 11.8 Å². The van der Waals surface area contributed by atoms with Crippen molar-refractivity contribution in [1.29, 1.82) is 0 Å². The second kappa shape index (κ2) is 10.1. The third kappa shape index (κ3) is 5.14. The van der Waals surface area contributed by atoms with Gasteiger partial charge >= 0.3 is 0 Å². The van der Waals surface area contributed by atoms with Crippen molar-refractivity contribution in [2.45, 2.75) is 45.7 Å². The Labute approximate surface area is 187 Å². The van der Waals surface area contributed by atoms with E-state index >= 15 is 0 Å². The number of nitrogens with one attached hydrogen (secondary N) is 1. The molecule has 1 aliphatic rings. The van der Waals surface area contributed by atoms with E-state index in [2.05, 4.69) is 5.32 Å². The highest BCUT2D eigenvalue weighted by Crippen LogP contribution is 2.28. The van der Waals surface area contributed by atoms with Crippen LogP contribution in [0, 0.1) is 0 Å². The normalized spacial score (nSPS) is 16.6. The standard InChI is InChI=1S/C24H27N3O5/c1-4-16(2)26(23(30)15-32-20-8-6-5-7-9-20)21-14-22(29)27(24(21)31)19-12-10-18(11-13-19)25-17(3)28/h5-13,16,21H,4,14-15H2,1-3H3,(H,25,28). The number of rotatable bonds is 8. The maximum absolute atomic E-state index is 13.2. The van der Waals surface area contributed by atoms with Crippen molar-refractivity contribution in [2.75, 3.05) is 16.8 Å². The van der Waals surface area contributed by atoms with Gasteiger partial charge in [-0.25, -0.2) is 4.90 Å². The Kier molecular flexibility index (Phi) is 7.25. The molecule has 0 bridgehead atoms. The minimum absolute atomic E-state index is 0.0896. The Morgan fingerprint density at radius 1 is 1.12 bits per heavy atom. The predicted octanol–water partition coefficient (Wildman–Crippen LogP) is 2.98. The molecule has 1 fully saturated rings. The third-order valence-corrected chi connectivity index (χ3v) is 5.36. The molecule has 2 unspecified atom stereocenters. The van der Waals surface area contributed by atoms with E-state index in [4.69, 9.17) is 4.74 Å². The fourth-order valence-electron chi connectivity index (χ4n) is 3.66. The molecule has 8 nitrogen and oxygen atoms in total. The number of hydrogen-bond donors (Lipinski definition) is 1. The summed E-state index contributed by atoms with van der Waals surface area (Å²) < 4.78 is 5.59. The fourth-order valence-corrected chi connectivity index (χ4v) is 3.66. The van der Waals surface area contributed by atoms with Crippen LogP contribution in [0.4, 0.5) is 11.4 Å². The summed E-state index contributed by atoms with van der Waals surface area (Å²) in [6.45, 7) is 4.94. The topological polar surface area (TPSA) is 96.0 Å². The van der Waals surface area contributed by atoms with Gasteiger partial charge in [0.15, 0.2) is 6.61 Å². The molecule has 1 saturated heterocycles. The van der Waals surface area contributed by atoms with E-state index in [1.54, 1.807) is 48.5 Å². The third-order valence-electron chi connectivity index (χ3n) is 5.36. The molecule has 2 aromatic rings. The monoisotopic (exact) mass is 437 g/mol.